The van der Waals surface area contributed by atoms with Gasteiger partial charge in [0.05, 0.1) is 70.2 Å². The van der Waals surface area contributed by atoms with Crippen molar-refractivity contribution in [1.82, 2.24) is 56.4 Å². The second-order valence-corrected chi connectivity index (χ2v) is 30.7. The number of rotatable bonds is 15. The molecule has 15 rings (SSSR count). The average Bonchev–Trinajstić information content (AvgIpc) is 1.60. The molecule has 526 valence electrons. The van der Waals surface area contributed by atoms with Gasteiger partial charge in [-0.25, -0.2) is 70.7 Å². The summed E-state index contributed by atoms with van der Waals surface area (Å²) in [5.41, 5.74) is 11.4. The Hall–Kier alpha value is -11.3. The van der Waals surface area contributed by atoms with Crippen LogP contribution in [-0.2, 0) is 55.7 Å². The molecule has 0 radical (unpaired) electrons. The maximum atomic E-state index is 13.1. The van der Waals surface area contributed by atoms with Crippen LogP contribution in [-0.4, -0.2) is 136 Å². The van der Waals surface area contributed by atoms with E-state index in [4.69, 9.17) is 0 Å². The standard InChI is InChI=1S/C19H20N4O.C18H16F2N4O3S.C17H16N4O3S.C16H16N4O4S/c1-12-19-16(6-8-23(19)11-14-3-4-14)17(10-21-12)15-5-7-20-18(9-15)22-13(2)24;1-10-16-12(4-6-24(16)28(2,26)27)13(9-22-10)11-3-5-21-15(7-11)23-17(25)14-8-18(14,19)20;1-11(22)20-17-8-12(4-6-19-17)15-9-18-10-16-14(15)5-7-21(16)25(23,24)13-2-3-13;1-10-15-12(5-7-20(15)25(3,22)23)13(9-18-10)11-4-6-17-14(8-11)19-16(21)24-2/h5-10,14H,3-4,11H2,1-2H3,(H,20,22,24);3-7,9,14H,8H2,1-2H3,(H,21,23,25);4-10,13H,2-3H2,1H3,(H,19,20,22);4-9H,1-3H3,(H,17,19,21). The molecule has 4 amide bonds. The lowest BCUT2D eigenvalue weighted by molar-refractivity contribution is -0.119. The van der Waals surface area contributed by atoms with Crippen molar-refractivity contribution in [2.75, 3.05) is 40.9 Å². The molecule has 12 heterocycles. The maximum absolute atomic E-state index is 13.1. The number of hydrogen-bond acceptors (Lipinski definition) is 19. The minimum atomic E-state index is -3.51. The zero-order valence-electron chi connectivity index (χ0n) is 56.2. The molecule has 3 aliphatic rings. The van der Waals surface area contributed by atoms with Crippen LogP contribution >= 0.6 is 0 Å². The molecule has 0 aliphatic heterocycles. The van der Waals surface area contributed by atoms with Gasteiger partial charge in [0.25, 0.3) is 5.92 Å². The summed E-state index contributed by atoms with van der Waals surface area (Å²) in [6.45, 7) is 9.50. The van der Waals surface area contributed by atoms with Crippen molar-refractivity contribution in [1.29, 1.82) is 0 Å². The number of aromatic nitrogens is 12. The van der Waals surface area contributed by atoms with E-state index >= 15 is 0 Å². The molecular formula is C70H68F2N16O11S3. The van der Waals surface area contributed by atoms with Gasteiger partial charge in [-0.05, 0) is 147 Å². The Morgan fingerprint density at radius 1 is 0.510 bits per heavy atom. The third-order valence-electron chi connectivity index (χ3n) is 17.1. The number of carbonyl (C=O) groups excluding carboxylic acids is 4. The highest BCUT2D eigenvalue weighted by Gasteiger charge is 2.61. The smallest absolute Gasteiger partial charge is 0.412 e. The van der Waals surface area contributed by atoms with Gasteiger partial charge in [0.1, 0.15) is 29.2 Å². The van der Waals surface area contributed by atoms with Crippen molar-refractivity contribution in [2.45, 2.75) is 84.4 Å². The van der Waals surface area contributed by atoms with Crippen LogP contribution in [0.4, 0.5) is 36.8 Å². The van der Waals surface area contributed by atoms with Gasteiger partial charge in [-0.15, -0.1) is 0 Å². The summed E-state index contributed by atoms with van der Waals surface area (Å²) < 4.78 is 110. The Labute approximate surface area is 584 Å². The van der Waals surface area contributed by atoms with E-state index in [0.29, 0.717) is 74.7 Å². The van der Waals surface area contributed by atoms with E-state index in [1.807, 2.05) is 18.3 Å². The molecule has 1 unspecified atom stereocenters. The lowest BCUT2D eigenvalue weighted by Gasteiger charge is -2.10. The Balaban J connectivity index is 0.000000129. The molecule has 12 aromatic rings. The van der Waals surface area contributed by atoms with Crippen LogP contribution in [0, 0.1) is 32.6 Å². The summed E-state index contributed by atoms with van der Waals surface area (Å²) >= 11 is 0. The molecule has 32 heteroatoms. The van der Waals surface area contributed by atoms with E-state index in [-0.39, 0.29) is 22.9 Å². The highest BCUT2D eigenvalue weighted by Crippen LogP contribution is 2.49. The molecule has 0 spiro atoms. The highest BCUT2D eigenvalue weighted by atomic mass is 32.2. The molecule has 0 saturated heterocycles. The number of carbonyl (C=O) groups is 4. The Morgan fingerprint density at radius 2 is 0.902 bits per heavy atom. The lowest BCUT2D eigenvalue weighted by Crippen LogP contribution is -2.18. The number of halogens is 2. The first-order chi connectivity index (χ1) is 48.5. The number of alkyl halides is 2. The third-order valence-corrected chi connectivity index (χ3v) is 21.3. The number of nitrogens with one attached hydrogen (secondary N) is 4. The van der Waals surface area contributed by atoms with Gasteiger partial charge < -0.3 is 25.3 Å². The zero-order valence-corrected chi connectivity index (χ0v) is 58.7. The first-order valence-electron chi connectivity index (χ1n) is 31.9. The maximum Gasteiger partial charge on any atom is 0.412 e. The van der Waals surface area contributed by atoms with E-state index in [1.165, 1.54) is 71.2 Å². The molecule has 0 bridgehead atoms. The number of ether oxygens (including phenoxy) is 1. The van der Waals surface area contributed by atoms with Crippen molar-refractivity contribution < 1.29 is 57.9 Å². The van der Waals surface area contributed by atoms with E-state index in [2.05, 4.69) is 89.6 Å². The molecule has 4 N–H and O–H groups in total. The number of hydrogen-bond donors (Lipinski definition) is 4. The van der Waals surface area contributed by atoms with E-state index < -0.39 is 60.3 Å². The van der Waals surface area contributed by atoms with Crippen LogP contribution < -0.4 is 21.3 Å². The Morgan fingerprint density at radius 3 is 1.31 bits per heavy atom. The van der Waals surface area contributed by atoms with Crippen molar-refractivity contribution in [3.63, 3.8) is 0 Å². The molecule has 12 aromatic heterocycles. The second-order valence-electron chi connectivity index (χ2n) is 24.9. The first kappa shape index (κ1) is 70.6. The average molecular weight is 1440 g/mol. The zero-order chi connectivity index (χ0) is 72.7. The van der Waals surface area contributed by atoms with Gasteiger partial charge in [-0.2, -0.15) is 0 Å². The largest absolute Gasteiger partial charge is 0.453 e. The number of amides is 4. The lowest BCUT2D eigenvalue weighted by atomic mass is 10.0. The fraction of sp³-hybridized carbons (Fsp3) is 0.257. The van der Waals surface area contributed by atoms with Crippen molar-refractivity contribution in [3.05, 3.63) is 170 Å². The topological polar surface area (TPSA) is 351 Å². The fourth-order valence-electron chi connectivity index (χ4n) is 11.8. The monoisotopic (exact) mass is 1440 g/mol. The summed E-state index contributed by atoms with van der Waals surface area (Å²) in [5, 5.41) is 13.4. The molecule has 102 heavy (non-hydrogen) atoms. The number of aryl methyl sites for hydroxylation is 3. The number of fused-ring (bicyclic) bond motifs is 4. The van der Waals surface area contributed by atoms with Crippen molar-refractivity contribution >= 4 is 121 Å². The molecule has 3 aliphatic carbocycles. The Kier molecular flexibility index (Phi) is 19.4. The SMILES string of the molecule is CC(=O)Nc1cc(-c2cnc(C)c3c2ccn3CC2CC2)ccn1.CC(=O)Nc1cc(-c2cncc3c2ccn3S(=O)(=O)C2CC2)ccn1.COC(=O)Nc1cc(-c2cnc(C)c3c2ccn3S(C)(=O)=O)ccn1.Cc1ncc(-c2ccnc(NC(=O)C3CC3(F)F)c2)c2ccn(S(C)(=O)=O)c12. The summed E-state index contributed by atoms with van der Waals surface area (Å²) in [5.74, 6) is -3.11. The minimum Gasteiger partial charge on any atom is -0.453 e. The number of pyridine rings is 8. The normalized spacial score (nSPS) is 14.7. The van der Waals surface area contributed by atoms with E-state index in [0.717, 1.165) is 78.8 Å². The van der Waals surface area contributed by atoms with Gasteiger partial charge in [0, 0.05) is 145 Å². The predicted molar refractivity (Wildman–Crippen MR) is 383 cm³/mol. The van der Waals surface area contributed by atoms with E-state index in [9.17, 15) is 53.2 Å². The second kappa shape index (κ2) is 28.1. The molecule has 27 nitrogen and oxygen atoms in total. The number of anilines is 4. The van der Waals surface area contributed by atoms with Crippen LogP contribution in [0.15, 0.2) is 153 Å². The van der Waals surface area contributed by atoms with Crippen LogP contribution in [0.2, 0.25) is 0 Å². The van der Waals surface area contributed by atoms with Gasteiger partial charge in [0.15, 0.2) is 0 Å². The van der Waals surface area contributed by atoms with Gasteiger partial charge in [0.2, 0.25) is 47.8 Å². The van der Waals surface area contributed by atoms with Gasteiger partial charge >= 0.3 is 6.09 Å². The van der Waals surface area contributed by atoms with Crippen LogP contribution in [0.1, 0.15) is 63.0 Å². The van der Waals surface area contributed by atoms with Crippen molar-refractivity contribution in [3.8, 4) is 44.5 Å². The quantitative estimate of drug-likeness (QED) is 0.0740. The van der Waals surface area contributed by atoms with Gasteiger partial charge in [-0.1, -0.05) is 0 Å². The van der Waals surface area contributed by atoms with Crippen LogP contribution in [0.5, 0.6) is 0 Å². The predicted octanol–water partition coefficient (Wildman–Crippen LogP) is 11.4. The summed E-state index contributed by atoms with van der Waals surface area (Å²) in [6.07, 6.45) is 26.7. The summed E-state index contributed by atoms with van der Waals surface area (Å²) in [6, 6.07) is 21.4. The fourth-order valence-corrected chi connectivity index (χ4v) is 15.2. The number of nitrogens with zero attached hydrogens (tertiary/aromatic N) is 12. The Bertz CT molecular complexity index is 5690. The third kappa shape index (κ3) is 15.4. The van der Waals surface area contributed by atoms with Crippen LogP contribution in [0.3, 0.4) is 0 Å². The number of methoxy groups -OCH3 is 1. The molecule has 3 fully saturated rings. The van der Waals surface area contributed by atoms with Crippen molar-refractivity contribution in [2.24, 2.45) is 11.8 Å². The first-order valence-corrected chi connectivity index (χ1v) is 37.1. The molecular weight excluding hydrogens is 1380 g/mol. The molecule has 0 aromatic carbocycles. The van der Waals surface area contributed by atoms with Crippen LogP contribution in [0.25, 0.3) is 88.1 Å². The summed E-state index contributed by atoms with van der Waals surface area (Å²) in [7, 11) is -9.05. The molecule has 1 atom stereocenters. The van der Waals surface area contributed by atoms with E-state index in [1.54, 1.807) is 118 Å². The summed E-state index contributed by atoms with van der Waals surface area (Å²) in [4.78, 5) is 79.5. The highest BCUT2D eigenvalue weighted by molar-refractivity contribution is 7.91. The van der Waals surface area contributed by atoms with Gasteiger partial charge in [-0.3, -0.25) is 39.6 Å². The minimum absolute atomic E-state index is 0.123. The molecule has 3 saturated carbocycles.